The largest absolute Gasteiger partial charge is 0.440 e. The van der Waals surface area contributed by atoms with E-state index < -0.39 is 0 Å². The lowest BCUT2D eigenvalue weighted by Gasteiger charge is -2.17. The average Bonchev–Trinajstić information content (AvgIpc) is 3.14. The zero-order valence-electron chi connectivity index (χ0n) is 13.4. The Bertz CT molecular complexity index is 589. The molecular weight excluding hydrogens is 298 g/mol. The second-order valence-electron chi connectivity index (χ2n) is 5.05. The van der Waals surface area contributed by atoms with E-state index in [1.54, 1.807) is 11.3 Å². The van der Waals surface area contributed by atoms with Crippen molar-refractivity contribution in [1.29, 1.82) is 0 Å². The minimum absolute atomic E-state index is 0.0127. The van der Waals surface area contributed by atoms with Gasteiger partial charge in [-0.05, 0) is 31.5 Å². The number of hydrogen-bond acceptors (Lipinski definition) is 5. The van der Waals surface area contributed by atoms with E-state index in [-0.39, 0.29) is 12.3 Å². The van der Waals surface area contributed by atoms with Crippen molar-refractivity contribution >= 4 is 17.2 Å². The van der Waals surface area contributed by atoms with Crippen LogP contribution in [-0.2, 0) is 11.2 Å². The van der Waals surface area contributed by atoms with E-state index in [1.165, 1.54) is 0 Å². The second-order valence-corrected chi connectivity index (χ2v) is 6.00. The molecular formula is C16H23N3O2S. The first kappa shape index (κ1) is 16.7. The summed E-state index contributed by atoms with van der Waals surface area (Å²) in [5.74, 6) is 1.29. The topological polar surface area (TPSA) is 58.4 Å². The van der Waals surface area contributed by atoms with Crippen molar-refractivity contribution in [2.24, 2.45) is 0 Å². The van der Waals surface area contributed by atoms with Crippen molar-refractivity contribution in [3.8, 4) is 10.8 Å². The lowest BCUT2D eigenvalue weighted by atomic mass is 10.2. The fourth-order valence-corrected chi connectivity index (χ4v) is 2.85. The van der Waals surface area contributed by atoms with Crippen LogP contribution in [0.2, 0.25) is 0 Å². The highest BCUT2D eigenvalue weighted by atomic mass is 32.1. The molecule has 2 heterocycles. The Morgan fingerprint density at radius 3 is 2.82 bits per heavy atom. The number of oxazole rings is 1. The summed E-state index contributed by atoms with van der Waals surface area (Å²) in [4.78, 5) is 19.7. The lowest BCUT2D eigenvalue weighted by Crippen LogP contribution is -2.35. The molecule has 0 saturated heterocycles. The Kier molecular flexibility index (Phi) is 6.15. The Morgan fingerprint density at radius 1 is 1.41 bits per heavy atom. The molecule has 22 heavy (non-hydrogen) atoms. The number of hydrogen-bond donors (Lipinski definition) is 1. The quantitative estimate of drug-likeness (QED) is 0.812. The van der Waals surface area contributed by atoms with Gasteiger partial charge in [-0.2, -0.15) is 0 Å². The molecule has 0 bridgehead atoms. The summed E-state index contributed by atoms with van der Waals surface area (Å²) in [6.07, 6.45) is 0.263. The fraction of sp³-hybridized carbons (Fsp3) is 0.500. The van der Waals surface area contributed by atoms with Crippen molar-refractivity contribution in [3.63, 3.8) is 0 Å². The highest BCUT2D eigenvalue weighted by Crippen LogP contribution is 2.25. The average molecular weight is 321 g/mol. The van der Waals surface area contributed by atoms with Gasteiger partial charge in [0.2, 0.25) is 11.8 Å². The highest BCUT2D eigenvalue weighted by molar-refractivity contribution is 7.13. The summed E-state index contributed by atoms with van der Waals surface area (Å²) >= 11 is 1.58. The number of rotatable bonds is 8. The van der Waals surface area contributed by atoms with Gasteiger partial charge in [-0.15, -0.1) is 11.3 Å². The first-order chi connectivity index (χ1) is 10.6. The summed E-state index contributed by atoms with van der Waals surface area (Å²) < 4.78 is 5.65. The Labute approximate surface area is 135 Å². The van der Waals surface area contributed by atoms with Gasteiger partial charge in [0.05, 0.1) is 17.0 Å². The predicted molar refractivity (Wildman–Crippen MR) is 89.1 cm³/mol. The Hall–Kier alpha value is -1.66. The van der Waals surface area contributed by atoms with Crippen LogP contribution >= 0.6 is 11.3 Å². The Morgan fingerprint density at radius 2 is 2.18 bits per heavy atom. The molecule has 0 radical (unpaired) electrons. The van der Waals surface area contributed by atoms with Crippen LogP contribution in [0.3, 0.4) is 0 Å². The monoisotopic (exact) mass is 321 g/mol. The van der Waals surface area contributed by atoms with Crippen LogP contribution in [0.5, 0.6) is 0 Å². The van der Waals surface area contributed by atoms with E-state index in [1.807, 2.05) is 24.4 Å². The van der Waals surface area contributed by atoms with Crippen molar-refractivity contribution in [2.75, 3.05) is 26.2 Å². The molecule has 6 heteroatoms. The van der Waals surface area contributed by atoms with Crippen molar-refractivity contribution < 1.29 is 9.21 Å². The summed E-state index contributed by atoms with van der Waals surface area (Å²) in [5, 5.41) is 4.92. The third-order valence-corrected chi connectivity index (χ3v) is 4.46. The molecule has 0 spiro atoms. The van der Waals surface area contributed by atoms with Crippen LogP contribution in [-0.4, -0.2) is 42.0 Å². The molecule has 0 aliphatic heterocycles. The number of nitrogens with one attached hydrogen (secondary N) is 1. The van der Waals surface area contributed by atoms with Crippen LogP contribution in [0.1, 0.15) is 25.3 Å². The van der Waals surface area contributed by atoms with E-state index >= 15 is 0 Å². The third-order valence-electron chi connectivity index (χ3n) is 3.60. The predicted octanol–water partition coefficient (Wildman–Crippen LogP) is 2.71. The molecule has 1 N–H and O–H groups in total. The number of aryl methyl sites for hydroxylation is 1. The zero-order chi connectivity index (χ0) is 15.9. The van der Waals surface area contributed by atoms with Crippen LogP contribution in [0, 0.1) is 6.92 Å². The number of thiophene rings is 1. The molecule has 0 unspecified atom stereocenters. The van der Waals surface area contributed by atoms with Crippen molar-refractivity contribution in [1.82, 2.24) is 15.2 Å². The molecule has 0 aliphatic rings. The SMILES string of the molecule is CCN(CC)CCNC(=O)Cc1nc(-c2cccs2)oc1C. The zero-order valence-corrected chi connectivity index (χ0v) is 14.2. The van der Waals surface area contributed by atoms with Crippen molar-refractivity contribution in [3.05, 3.63) is 29.0 Å². The number of carbonyl (C=O) groups is 1. The highest BCUT2D eigenvalue weighted by Gasteiger charge is 2.15. The molecule has 2 rings (SSSR count). The summed E-state index contributed by atoms with van der Waals surface area (Å²) in [6.45, 7) is 9.62. The smallest absolute Gasteiger partial charge is 0.236 e. The minimum Gasteiger partial charge on any atom is -0.440 e. The molecule has 1 amide bonds. The van der Waals surface area contributed by atoms with Gasteiger partial charge < -0.3 is 14.6 Å². The first-order valence-electron chi connectivity index (χ1n) is 7.63. The van der Waals surface area contributed by atoms with Crippen molar-refractivity contribution in [2.45, 2.75) is 27.2 Å². The lowest BCUT2D eigenvalue weighted by molar-refractivity contribution is -0.120. The van der Waals surface area contributed by atoms with Crippen LogP contribution in [0.25, 0.3) is 10.8 Å². The van der Waals surface area contributed by atoms with Gasteiger partial charge in [0.1, 0.15) is 5.76 Å². The fourth-order valence-electron chi connectivity index (χ4n) is 2.21. The van der Waals surface area contributed by atoms with Crippen LogP contribution in [0.4, 0.5) is 0 Å². The molecule has 2 aromatic heterocycles. The number of nitrogens with zero attached hydrogens (tertiary/aromatic N) is 2. The number of carbonyl (C=O) groups excluding carboxylic acids is 1. The van der Waals surface area contributed by atoms with Crippen LogP contribution in [0.15, 0.2) is 21.9 Å². The molecule has 0 saturated carbocycles. The van der Waals surface area contributed by atoms with Gasteiger partial charge in [-0.25, -0.2) is 4.98 Å². The molecule has 5 nitrogen and oxygen atoms in total. The van der Waals surface area contributed by atoms with Gasteiger partial charge >= 0.3 is 0 Å². The van der Waals surface area contributed by atoms with Gasteiger partial charge in [0.25, 0.3) is 0 Å². The number of likely N-dealkylation sites (N-methyl/N-ethyl adjacent to an activating group) is 1. The standard InChI is InChI=1S/C16H23N3O2S/c1-4-19(5-2)9-8-17-15(20)11-13-12(3)21-16(18-13)14-7-6-10-22-14/h6-7,10H,4-5,8-9,11H2,1-3H3,(H,17,20). The minimum atomic E-state index is -0.0127. The van der Waals surface area contributed by atoms with E-state index in [0.717, 1.165) is 24.5 Å². The van der Waals surface area contributed by atoms with E-state index in [4.69, 9.17) is 4.42 Å². The summed E-state index contributed by atoms with van der Waals surface area (Å²) in [7, 11) is 0. The summed E-state index contributed by atoms with van der Waals surface area (Å²) in [6, 6.07) is 3.92. The summed E-state index contributed by atoms with van der Waals surface area (Å²) in [5.41, 5.74) is 0.712. The maximum Gasteiger partial charge on any atom is 0.236 e. The first-order valence-corrected chi connectivity index (χ1v) is 8.51. The molecule has 120 valence electrons. The maximum atomic E-state index is 12.0. The van der Waals surface area contributed by atoms with Crippen LogP contribution < -0.4 is 5.32 Å². The van der Waals surface area contributed by atoms with E-state index in [0.29, 0.717) is 23.9 Å². The molecule has 0 aromatic carbocycles. The number of aromatic nitrogens is 1. The van der Waals surface area contributed by atoms with Gasteiger partial charge in [-0.3, -0.25) is 4.79 Å². The molecule has 0 fully saturated rings. The maximum absolute atomic E-state index is 12.0. The molecule has 0 atom stereocenters. The second kappa shape index (κ2) is 8.10. The molecule has 2 aromatic rings. The normalized spacial score (nSPS) is 11.1. The van der Waals surface area contributed by atoms with Gasteiger partial charge in [-0.1, -0.05) is 19.9 Å². The third kappa shape index (κ3) is 4.42. The Balaban J connectivity index is 1.87. The van der Waals surface area contributed by atoms with E-state index in [2.05, 4.69) is 29.0 Å². The van der Waals surface area contributed by atoms with Gasteiger partial charge in [0, 0.05) is 13.1 Å². The number of amides is 1. The van der Waals surface area contributed by atoms with Gasteiger partial charge in [0.15, 0.2) is 0 Å². The molecule has 0 aliphatic carbocycles. The van der Waals surface area contributed by atoms with E-state index in [9.17, 15) is 4.79 Å².